The largest absolute Gasteiger partial charge is 0.399 e. The number of hydrogen-bond acceptors (Lipinski definition) is 7. The highest BCUT2D eigenvalue weighted by Gasteiger charge is 2.24. The molecule has 10 nitrogen and oxygen atoms in total. The molecule has 2 aromatic heterocycles. The molecule has 10 heteroatoms. The molecule has 1 aliphatic rings. The molecule has 1 fully saturated rings. The van der Waals surface area contributed by atoms with Crippen LogP contribution in [0.5, 0.6) is 0 Å². The molecule has 3 aromatic rings. The van der Waals surface area contributed by atoms with Crippen molar-refractivity contribution in [3.63, 3.8) is 0 Å². The topological polar surface area (TPSA) is 136 Å². The first-order valence-electron chi connectivity index (χ1n) is 11.0. The smallest absolute Gasteiger partial charge is 0.258 e. The lowest BCUT2D eigenvalue weighted by atomic mass is 10.1. The molecule has 174 valence electrons. The molecular weight excluding hydrogens is 424 g/mol. The zero-order valence-electron chi connectivity index (χ0n) is 18.5. The van der Waals surface area contributed by atoms with Gasteiger partial charge in [0, 0.05) is 50.8 Å². The second kappa shape index (κ2) is 9.97. The van der Waals surface area contributed by atoms with Gasteiger partial charge in [-0.2, -0.15) is 0 Å². The quantitative estimate of drug-likeness (QED) is 0.368. The van der Waals surface area contributed by atoms with E-state index in [0.717, 1.165) is 0 Å². The number of piperidine rings is 1. The predicted octanol–water partition coefficient (Wildman–Crippen LogP) is 1.90. The summed E-state index contributed by atoms with van der Waals surface area (Å²) in [6.07, 6.45) is 3.00. The van der Waals surface area contributed by atoms with E-state index in [4.69, 9.17) is 10.5 Å². The lowest BCUT2D eigenvalue weighted by molar-refractivity contribution is 0.0546. The van der Waals surface area contributed by atoms with E-state index < -0.39 is 0 Å². The van der Waals surface area contributed by atoms with Crippen LogP contribution in [0.2, 0.25) is 0 Å². The summed E-state index contributed by atoms with van der Waals surface area (Å²) in [7, 11) is 1.63. The van der Waals surface area contributed by atoms with Crippen LogP contribution >= 0.6 is 0 Å². The normalized spacial score (nSPS) is 14.5. The fourth-order valence-corrected chi connectivity index (χ4v) is 3.91. The molecule has 0 atom stereocenters. The van der Waals surface area contributed by atoms with Crippen molar-refractivity contribution in [1.29, 1.82) is 0 Å². The van der Waals surface area contributed by atoms with Gasteiger partial charge in [-0.1, -0.05) is 6.07 Å². The number of carbonyl (C=O) groups is 2. The third kappa shape index (κ3) is 5.12. The molecule has 1 saturated heterocycles. The fourth-order valence-electron chi connectivity index (χ4n) is 3.91. The summed E-state index contributed by atoms with van der Waals surface area (Å²) in [5.74, 6) is -0.143. The first kappa shape index (κ1) is 22.7. The van der Waals surface area contributed by atoms with Gasteiger partial charge in [-0.3, -0.25) is 19.5 Å². The zero-order chi connectivity index (χ0) is 23.4. The number of ether oxygens (including phenoxy) is 1. The Kier molecular flexibility index (Phi) is 6.85. The van der Waals surface area contributed by atoms with Gasteiger partial charge in [-0.05, 0) is 43.5 Å². The highest BCUT2D eigenvalue weighted by Crippen LogP contribution is 2.22. The second-order valence-corrected chi connectivity index (χ2v) is 8.10. The van der Waals surface area contributed by atoms with Crippen LogP contribution in [0.4, 0.5) is 11.6 Å². The van der Waals surface area contributed by atoms with Crippen LogP contribution in [0.1, 0.15) is 40.0 Å². The van der Waals surface area contributed by atoms with E-state index in [1.54, 1.807) is 42.3 Å². The number of imidazole rings is 1. The van der Waals surface area contributed by atoms with Gasteiger partial charge in [0.25, 0.3) is 11.8 Å². The number of aliphatic hydroxyl groups excluding tert-OH is 1. The highest BCUT2D eigenvalue weighted by molar-refractivity contribution is 6.04. The molecule has 33 heavy (non-hydrogen) atoms. The lowest BCUT2D eigenvalue weighted by Crippen LogP contribution is -2.40. The average Bonchev–Trinajstić information content (AvgIpc) is 3.15. The van der Waals surface area contributed by atoms with Crippen LogP contribution in [0.3, 0.4) is 0 Å². The number of nitrogen functional groups attached to an aromatic ring is 1. The molecule has 0 unspecified atom stereocenters. The Hall–Kier alpha value is -3.50. The zero-order valence-corrected chi connectivity index (χ0v) is 18.5. The number of benzene rings is 1. The Morgan fingerprint density at radius 1 is 1.24 bits per heavy atom. The third-order valence-electron chi connectivity index (χ3n) is 5.69. The van der Waals surface area contributed by atoms with Crippen molar-refractivity contribution in [3.05, 3.63) is 47.7 Å². The first-order chi connectivity index (χ1) is 16.0. The van der Waals surface area contributed by atoms with Crippen molar-refractivity contribution in [1.82, 2.24) is 19.4 Å². The minimum atomic E-state index is -0.358. The Bertz CT molecular complexity index is 1150. The number of pyridine rings is 1. The SMILES string of the molecule is COCCCn1c(NC(=O)c2cccc(N)c2)nc2cc(C(=O)N3CCC(O)CC3)cnc21. The number of methoxy groups -OCH3 is 1. The van der Waals surface area contributed by atoms with Crippen LogP contribution in [0.15, 0.2) is 36.5 Å². The van der Waals surface area contributed by atoms with Gasteiger partial charge in [0.2, 0.25) is 5.95 Å². The molecule has 0 radical (unpaired) electrons. The lowest BCUT2D eigenvalue weighted by Gasteiger charge is -2.29. The minimum Gasteiger partial charge on any atom is -0.399 e. The van der Waals surface area contributed by atoms with Crippen molar-refractivity contribution >= 4 is 34.6 Å². The first-order valence-corrected chi connectivity index (χ1v) is 11.0. The summed E-state index contributed by atoms with van der Waals surface area (Å²) in [5.41, 5.74) is 8.22. The summed E-state index contributed by atoms with van der Waals surface area (Å²) in [6, 6.07) is 8.39. The molecular formula is C23H28N6O4. The maximum Gasteiger partial charge on any atom is 0.258 e. The Morgan fingerprint density at radius 3 is 2.76 bits per heavy atom. The summed E-state index contributed by atoms with van der Waals surface area (Å²) >= 11 is 0. The molecule has 3 heterocycles. The Labute approximate surface area is 191 Å². The number of carbonyl (C=O) groups excluding carboxylic acids is 2. The number of hydrogen-bond donors (Lipinski definition) is 3. The summed E-state index contributed by atoms with van der Waals surface area (Å²) in [4.78, 5) is 36.5. The average molecular weight is 453 g/mol. The van der Waals surface area contributed by atoms with Gasteiger partial charge < -0.3 is 20.5 Å². The van der Waals surface area contributed by atoms with Crippen LogP contribution in [0.25, 0.3) is 11.2 Å². The van der Waals surface area contributed by atoms with Crippen LogP contribution < -0.4 is 11.1 Å². The van der Waals surface area contributed by atoms with E-state index in [1.807, 2.05) is 4.57 Å². The number of nitrogens with zero attached hydrogens (tertiary/aromatic N) is 4. The van der Waals surface area contributed by atoms with Crippen molar-refractivity contribution in [3.8, 4) is 0 Å². The van der Waals surface area contributed by atoms with Crippen molar-refractivity contribution < 1.29 is 19.4 Å². The van der Waals surface area contributed by atoms with Crippen molar-refractivity contribution in [2.45, 2.75) is 31.9 Å². The summed E-state index contributed by atoms with van der Waals surface area (Å²) in [5, 5.41) is 12.5. The number of amides is 2. The maximum atomic E-state index is 12.9. The van der Waals surface area contributed by atoms with Gasteiger partial charge in [-0.15, -0.1) is 0 Å². The number of nitrogens with one attached hydrogen (secondary N) is 1. The van der Waals surface area contributed by atoms with E-state index in [-0.39, 0.29) is 17.9 Å². The minimum absolute atomic E-state index is 0.143. The molecule has 2 amide bonds. The molecule has 0 aliphatic carbocycles. The fraction of sp³-hybridized carbons (Fsp3) is 0.391. The highest BCUT2D eigenvalue weighted by atomic mass is 16.5. The number of aliphatic hydroxyl groups is 1. The Morgan fingerprint density at radius 2 is 2.03 bits per heavy atom. The van der Waals surface area contributed by atoms with E-state index in [9.17, 15) is 14.7 Å². The van der Waals surface area contributed by atoms with Crippen molar-refractivity contribution in [2.75, 3.05) is 37.9 Å². The number of aromatic nitrogens is 3. The number of anilines is 2. The van der Waals surface area contributed by atoms with E-state index in [1.165, 1.54) is 6.20 Å². The molecule has 4 N–H and O–H groups in total. The van der Waals surface area contributed by atoms with Gasteiger partial charge in [0.05, 0.1) is 11.7 Å². The Balaban J connectivity index is 1.62. The monoisotopic (exact) mass is 452 g/mol. The second-order valence-electron chi connectivity index (χ2n) is 8.10. The van der Waals surface area contributed by atoms with E-state index in [2.05, 4.69) is 15.3 Å². The standard InChI is InChI=1S/C23H28N6O4/c1-33-11-3-8-29-20-19(26-23(29)27-21(31)15-4-2-5-17(24)12-15)13-16(14-25-20)22(32)28-9-6-18(30)7-10-28/h2,4-5,12-14,18,30H,3,6-11,24H2,1H3,(H,26,27,31). The molecule has 0 bridgehead atoms. The van der Waals surface area contributed by atoms with E-state index in [0.29, 0.717) is 79.4 Å². The third-order valence-corrected chi connectivity index (χ3v) is 5.69. The number of fused-ring (bicyclic) bond motifs is 1. The summed E-state index contributed by atoms with van der Waals surface area (Å²) < 4.78 is 6.97. The predicted molar refractivity (Wildman–Crippen MR) is 124 cm³/mol. The van der Waals surface area contributed by atoms with Gasteiger partial charge in [-0.25, -0.2) is 9.97 Å². The van der Waals surface area contributed by atoms with E-state index >= 15 is 0 Å². The maximum absolute atomic E-state index is 12.9. The van der Waals surface area contributed by atoms with Crippen LogP contribution in [-0.2, 0) is 11.3 Å². The van der Waals surface area contributed by atoms with Gasteiger partial charge in [0.1, 0.15) is 5.52 Å². The molecule has 1 aliphatic heterocycles. The molecule has 0 saturated carbocycles. The molecule has 0 spiro atoms. The number of likely N-dealkylation sites (tertiary alicyclic amines) is 1. The molecule has 4 rings (SSSR count). The van der Waals surface area contributed by atoms with Crippen LogP contribution in [-0.4, -0.2) is 69.3 Å². The van der Waals surface area contributed by atoms with Crippen molar-refractivity contribution in [2.24, 2.45) is 0 Å². The summed E-state index contributed by atoms with van der Waals surface area (Å²) in [6.45, 7) is 2.08. The number of aryl methyl sites for hydroxylation is 1. The van der Waals surface area contributed by atoms with Crippen LogP contribution in [0, 0.1) is 0 Å². The number of nitrogens with two attached hydrogens (primary N) is 1. The number of rotatable bonds is 7. The molecule has 1 aromatic carbocycles. The van der Waals surface area contributed by atoms with Gasteiger partial charge in [0.15, 0.2) is 5.65 Å². The van der Waals surface area contributed by atoms with Gasteiger partial charge >= 0.3 is 0 Å².